The van der Waals surface area contributed by atoms with Gasteiger partial charge in [-0.3, -0.25) is 4.79 Å². The van der Waals surface area contributed by atoms with Gasteiger partial charge >= 0.3 is 0 Å². The molecule has 1 aliphatic rings. The van der Waals surface area contributed by atoms with E-state index in [4.69, 9.17) is 0 Å². The summed E-state index contributed by atoms with van der Waals surface area (Å²) < 4.78 is 0. The molecule has 5 heteroatoms. The van der Waals surface area contributed by atoms with Crippen LogP contribution in [0.5, 0.6) is 0 Å². The molecule has 5 nitrogen and oxygen atoms in total. The van der Waals surface area contributed by atoms with Crippen LogP contribution in [0.3, 0.4) is 0 Å². The van der Waals surface area contributed by atoms with E-state index in [2.05, 4.69) is 16.0 Å². The number of hydrogen-bond donors (Lipinski definition) is 0. The zero-order chi connectivity index (χ0) is 14.1. The summed E-state index contributed by atoms with van der Waals surface area (Å²) in [6, 6.07) is 9.58. The van der Waals surface area contributed by atoms with E-state index < -0.39 is 5.92 Å². The van der Waals surface area contributed by atoms with E-state index in [1.165, 1.54) is 0 Å². The van der Waals surface area contributed by atoms with Crippen LogP contribution in [0.1, 0.15) is 22.9 Å². The van der Waals surface area contributed by atoms with Crippen molar-refractivity contribution in [3.8, 4) is 6.07 Å². The number of carbonyl (C=O) groups is 1. The van der Waals surface area contributed by atoms with Crippen molar-refractivity contribution < 1.29 is 4.79 Å². The van der Waals surface area contributed by atoms with Crippen LogP contribution in [0.15, 0.2) is 36.7 Å². The summed E-state index contributed by atoms with van der Waals surface area (Å²) in [6.45, 7) is 0. The van der Waals surface area contributed by atoms with Crippen molar-refractivity contribution in [1.29, 1.82) is 5.26 Å². The molecule has 0 spiro atoms. The van der Waals surface area contributed by atoms with Crippen molar-refractivity contribution in [2.45, 2.75) is 12.3 Å². The summed E-state index contributed by atoms with van der Waals surface area (Å²) in [5, 5.41) is 9.38. The standard InChI is InChI=1S/C15H12N4O/c1-19-13-4-3-10(7-11(13)8-14(19)20)12(9-16)15-17-5-2-6-18-15/h2-7,12H,8H2,1H3. The van der Waals surface area contributed by atoms with E-state index >= 15 is 0 Å². The first-order chi connectivity index (χ1) is 9.70. The predicted octanol–water partition coefficient (Wildman–Crippen LogP) is 1.65. The number of anilines is 1. The van der Waals surface area contributed by atoms with E-state index in [0.717, 1.165) is 16.8 Å². The molecule has 0 aliphatic carbocycles. The Labute approximate surface area is 116 Å². The molecule has 2 aromatic rings. The average molecular weight is 264 g/mol. The van der Waals surface area contributed by atoms with Crippen LogP contribution in [-0.2, 0) is 11.2 Å². The number of likely N-dealkylation sites (N-methyl/N-ethyl adjacent to an activating group) is 1. The average Bonchev–Trinajstić information content (AvgIpc) is 2.76. The fourth-order valence-electron chi connectivity index (χ4n) is 2.41. The lowest BCUT2D eigenvalue weighted by atomic mass is 9.97. The lowest BCUT2D eigenvalue weighted by Crippen LogP contribution is -2.20. The first-order valence-corrected chi connectivity index (χ1v) is 6.26. The van der Waals surface area contributed by atoms with Crippen molar-refractivity contribution in [2.24, 2.45) is 0 Å². The maximum Gasteiger partial charge on any atom is 0.231 e. The Balaban J connectivity index is 2.02. The van der Waals surface area contributed by atoms with E-state index in [1.54, 1.807) is 30.4 Å². The number of hydrogen-bond acceptors (Lipinski definition) is 4. The fourth-order valence-corrected chi connectivity index (χ4v) is 2.41. The van der Waals surface area contributed by atoms with Crippen molar-refractivity contribution in [2.75, 3.05) is 11.9 Å². The number of benzene rings is 1. The van der Waals surface area contributed by atoms with Gasteiger partial charge in [0.2, 0.25) is 5.91 Å². The Kier molecular flexibility index (Phi) is 2.92. The van der Waals surface area contributed by atoms with Gasteiger partial charge in [0.05, 0.1) is 12.5 Å². The Morgan fingerprint density at radius 2 is 2.10 bits per heavy atom. The second kappa shape index (κ2) is 4.74. The Bertz CT molecular complexity index is 706. The van der Waals surface area contributed by atoms with Gasteiger partial charge in [0.15, 0.2) is 0 Å². The highest BCUT2D eigenvalue weighted by Crippen LogP contribution is 2.31. The van der Waals surface area contributed by atoms with Gasteiger partial charge in [-0.05, 0) is 23.3 Å². The van der Waals surface area contributed by atoms with Crippen LogP contribution in [-0.4, -0.2) is 22.9 Å². The molecule has 0 saturated heterocycles. The summed E-state index contributed by atoms with van der Waals surface area (Å²) in [4.78, 5) is 21.6. The minimum atomic E-state index is -0.512. The summed E-state index contributed by atoms with van der Waals surface area (Å²) >= 11 is 0. The monoisotopic (exact) mass is 264 g/mol. The van der Waals surface area contributed by atoms with Gasteiger partial charge in [-0.2, -0.15) is 5.26 Å². The molecule has 0 bridgehead atoms. The number of nitrogens with zero attached hydrogens (tertiary/aromatic N) is 4. The minimum Gasteiger partial charge on any atom is -0.315 e. The van der Waals surface area contributed by atoms with Crippen LogP contribution in [0, 0.1) is 11.3 Å². The van der Waals surface area contributed by atoms with Crippen LogP contribution < -0.4 is 4.90 Å². The molecule has 2 heterocycles. The second-order valence-electron chi connectivity index (χ2n) is 4.69. The van der Waals surface area contributed by atoms with Gasteiger partial charge in [0, 0.05) is 25.1 Å². The molecule has 0 fully saturated rings. The molecule has 0 saturated carbocycles. The molecule has 1 atom stereocenters. The minimum absolute atomic E-state index is 0.0709. The topological polar surface area (TPSA) is 69.9 Å². The number of amides is 1. The van der Waals surface area contributed by atoms with E-state index in [-0.39, 0.29) is 5.91 Å². The molecule has 98 valence electrons. The number of fused-ring (bicyclic) bond motifs is 1. The van der Waals surface area contributed by atoms with Gasteiger partial charge in [0.1, 0.15) is 11.7 Å². The molecular weight excluding hydrogens is 252 g/mol. The first-order valence-electron chi connectivity index (χ1n) is 6.26. The molecule has 1 amide bonds. The summed E-state index contributed by atoms with van der Waals surface area (Å²) in [6.07, 6.45) is 3.63. The zero-order valence-electron chi connectivity index (χ0n) is 10.9. The van der Waals surface area contributed by atoms with E-state index in [1.807, 2.05) is 18.2 Å². The van der Waals surface area contributed by atoms with E-state index in [9.17, 15) is 10.1 Å². The van der Waals surface area contributed by atoms with Crippen LogP contribution >= 0.6 is 0 Å². The highest BCUT2D eigenvalue weighted by Gasteiger charge is 2.26. The van der Waals surface area contributed by atoms with Crippen LogP contribution in [0.4, 0.5) is 5.69 Å². The molecule has 0 radical (unpaired) electrons. The van der Waals surface area contributed by atoms with Crippen LogP contribution in [0.2, 0.25) is 0 Å². The Hall–Kier alpha value is -2.74. The third-order valence-electron chi connectivity index (χ3n) is 3.49. The number of rotatable bonds is 2. The third kappa shape index (κ3) is 1.91. The summed E-state index contributed by atoms with van der Waals surface area (Å²) in [7, 11) is 1.76. The molecule has 1 aromatic heterocycles. The largest absolute Gasteiger partial charge is 0.315 e. The third-order valence-corrected chi connectivity index (χ3v) is 3.49. The molecule has 1 aromatic carbocycles. The Morgan fingerprint density at radius 3 is 2.80 bits per heavy atom. The molecule has 1 aliphatic heterocycles. The first kappa shape index (κ1) is 12.3. The SMILES string of the molecule is CN1C(=O)Cc2cc(C(C#N)c3ncccn3)ccc21. The Morgan fingerprint density at radius 1 is 1.35 bits per heavy atom. The molecule has 1 unspecified atom stereocenters. The zero-order valence-corrected chi connectivity index (χ0v) is 10.9. The van der Waals surface area contributed by atoms with E-state index in [0.29, 0.717) is 12.2 Å². The summed E-state index contributed by atoms with van der Waals surface area (Å²) in [5.74, 6) is 0.0387. The second-order valence-corrected chi connectivity index (χ2v) is 4.69. The highest BCUT2D eigenvalue weighted by molar-refractivity contribution is 6.00. The van der Waals surface area contributed by atoms with Gasteiger partial charge in [-0.25, -0.2) is 9.97 Å². The van der Waals surface area contributed by atoms with Crippen LogP contribution in [0.25, 0.3) is 0 Å². The van der Waals surface area contributed by atoms with Gasteiger partial charge in [-0.1, -0.05) is 12.1 Å². The van der Waals surface area contributed by atoms with Gasteiger partial charge < -0.3 is 4.90 Å². The molecular formula is C15H12N4O. The maximum absolute atomic E-state index is 11.7. The quantitative estimate of drug-likeness (QED) is 0.827. The number of carbonyl (C=O) groups excluding carboxylic acids is 1. The van der Waals surface area contributed by atoms with Gasteiger partial charge in [-0.15, -0.1) is 0 Å². The van der Waals surface area contributed by atoms with Crippen molar-refractivity contribution >= 4 is 11.6 Å². The molecule has 0 N–H and O–H groups in total. The predicted molar refractivity (Wildman–Crippen MR) is 73.0 cm³/mol. The highest BCUT2D eigenvalue weighted by atomic mass is 16.2. The molecule has 20 heavy (non-hydrogen) atoms. The number of nitriles is 1. The van der Waals surface area contributed by atoms with Crippen molar-refractivity contribution in [3.05, 3.63) is 53.6 Å². The molecule has 3 rings (SSSR count). The maximum atomic E-state index is 11.7. The lowest BCUT2D eigenvalue weighted by Gasteiger charge is -2.12. The number of aromatic nitrogens is 2. The normalized spacial score (nSPS) is 14.8. The smallest absolute Gasteiger partial charge is 0.231 e. The fraction of sp³-hybridized carbons (Fsp3) is 0.200. The van der Waals surface area contributed by atoms with Crippen molar-refractivity contribution in [3.63, 3.8) is 0 Å². The van der Waals surface area contributed by atoms with Crippen molar-refractivity contribution in [1.82, 2.24) is 9.97 Å². The lowest BCUT2D eigenvalue weighted by molar-refractivity contribution is -0.117. The summed E-state index contributed by atoms with van der Waals surface area (Å²) in [5.41, 5.74) is 2.68. The van der Waals surface area contributed by atoms with Gasteiger partial charge in [0.25, 0.3) is 0 Å².